The van der Waals surface area contributed by atoms with Crippen LogP contribution in [0.5, 0.6) is 0 Å². The van der Waals surface area contributed by atoms with Gasteiger partial charge < -0.3 is 19.9 Å². The van der Waals surface area contributed by atoms with E-state index in [-0.39, 0.29) is 6.79 Å². The number of carbonyl (C=O) groups is 1. The van der Waals surface area contributed by atoms with Gasteiger partial charge in [0, 0.05) is 22.7 Å². The Balaban J connectivity index is 3.10. The second-order valence-corrected chi connectivity index (χ2v) is 5.94. The number of benzene rings is 1. The largest absolute Gasteiger partial charge is 0.412 e. The van der Waals surface area contributed by atoms with E-state index in [1.54, 1.807) is 0 Å². The highest BCUT2D eigenvalue weighted by Crippen LogP contribution is 2.34. The van der Waals surface area contributed by atoms with Gasteiger partial charge in [-0.15, -0.1) is 0 Å². The topological polar surface area (TPSA) is 70.8 Å². The van der Waals surface area contributed by atoms with Crippen molar-refractivity contribution in [2.45, 2.75) is 38.4 Å². The Bertz CT molecular complexity index is 455. The Morgan fingerprint density at radius 3 is 2.71 bits per heavy atom. The molecule has 1 aromatic carbocycles. The lowest BCUT2D eigenvalue weighted by molar-refractivity contribution is -0.252. The Morgan fingerprint density at radius 1 is 1.38 bits per heavy atom. The van der Waals surface area contributed by atoms with Crippen LogP contribution in [-0.4, -0.2) is 20.0 Å². The van der Waals surface area contributed by atoms with Gasteiger partial charge >= 0.3 is 6.09 Å². The molecule has 1 atom stereocenters. The molecule has 0 saturated carbocycles. The molecule has 0 unspecified atom stereocenters. The minimum absolute atomic E-state index is 0.0187. The standard InChI is InChI=1S/C15H22INO4/c1-3-4-5-9-15(20-11-19-2,21-14(17)18)12-7-6-8-13(16)10-12/h6-8,10H,3-5,9,11H2,1-2H3,(H2,17,18)/t15-/m1/s1. The van der Waals surface area contributed by atoms with Crippen molar-refractivity contribution in [1.82, 2.24) is 0 Å². The Hall–Kier alpha value is -0.860. The first-order valence-corrected chi connectivity index (χ1v) is 7.99. The summed E-state index contributed by atoms with van der Waals surface area (Å²) in [6.45, 7) is 2.13. The lowest BCUT2D eigenvalue weighted by atomic mass is 9.99. The molecule has 0 heterocycles. The van der Waals surface area contributed by atoms with E-state index in [1.165, 1.54) is 7.11 Å². The van der Waals surface area contributed by atoms with Gasteiger partial charge in [-0.3, -0.25) is 0 Å². The molecule has 118 valence electrons. The van der Waals surface area contributed by atoms with E-state index >= 15 is 0 Å². The van der Waals surface area contributed by atoms with Crippen LogP contribution in [-0.2, 0) is 20.0 Å². The van der Waals surface area contributed by atoms with Crippen LogP contribution >= 0.6 is 22.6 Å². The van der Waals surface area contributed by atoms with Crippen molar-refractivity contribution in [3.63, 3.8) is 0 Å². The number of amides is 1. The molecule has 0 saturated heterocycles. The highest BCUT2D eigenvalue weighted by Gasteiger charge is 2.37. The highest BCUT2D eigenvalue weighted by molar-refractivity contribution is 14.1. The van der Waals surface area contributed by atoms with Crippen LogP contribution in [0.25, 0.3) is 0 Å². The first kappa shape index (κ1) is 18.2. The van der Waals surface area contributed by atoms with Crippen LogP contribution in [0.1, 0.15) is 38.2 Å². The first-order valence-electron chi connectivity index (χ1n) is 6.91. The van der Waals surface area contributed by atoms with Gasteiger partial charge in [0.25, 0.3) is 0 Å². The lowest BCUT2D eigenvalue weighted by Gasteiger charge is -2.33. The zero-order valence-corrected chi connectivity index (χ0v) is 14.6. The third-order valence-electron chi connectivity index (χ3n) is 3.05. The van der Waals surface area contributed by atoms with E-state index in [9.17, 15) is 4.79 Å². The smallest absolute Gasteiger partial charge is 0.407 e. The molecule has 5 nitrogen and oxygen atoms in total. The van der Waals surface area contributed by atoms with Gasteiger partial charge in [0.1, 0.15) is 0 Å². The molecule has 0 spiro atoms. The number of hydrogen-bond acceptors (Lipinski definition) is 4. The molecule has 2 N–H and O–H groups in total. The summed E-state index contributed by atoms with van der Waals surface area (Å²) in [6.07, 6.45) is 2.61. The molecule has 0 aliphatic rings. The molecule has 1 amide bonds. The van der Waals surface area contributed by atoms with Crippen LogP contribution < -0.4 is 5.73 Å². The third-order valence-corrected chi connectivity index (χ3v) is 3.72. The van der Waals surface area contributed by atoms with Crippen molar-refractivity contribution in [2.75, 3.05) is 13.9 Å². The molecule has 0 bridgehead atoms. The van der Waals surface area contributed by atoms with Crippen LogP contribution in [0.15, 0.2) is 24.3 Å². The highest BCUT2D eigenvalue weighted by atomic mass is 127. The van der Waals surface area contributed by atoms with E-state index in [0.717, 1.165) is 28.4 Å². The molecule has 21 heavy (non-hydrogen) atoms. The summed E-state index contributed by atoms with van der Waals surface area (Å²) in [7, 11) is 1.52. The average Bonchev–Trinajstić information content (AvgIpc) is 2.44. The second kappa shape index (κ2) is 9.22. The number of hydrogen-bond donors (Lipinski definition) is 1. The fraction of sp³-hybridized carbons (Fsp3) is 0.533. The maximum atomic E-state index is 11.3. The van der Waals surface area contributed by atoms with Crippen LogP contribution in [0.4, 0.5) is 4.79 Å². The number of halogens is 1. The zero-order valence-electron chi connectivity index (χ0n) is 12.4. The van der Waals surface area contributed by atoms with Crippen molar-refractivity contribution >= 4 is 28.7 Å². The van der Waals surface area contributed by atoms with Gasteiger partial charge in [-0.1, -0.05) is 31.9 Å². The summed E-state index contributed by atoms with van der Waals surface area (Å²) in [6, 6.07) is 7.64. The minimum Gasteiger partial charge on any atom is -0.412 e. The number of carbonyl (C=O) groups excluding carboxylic acids is 1. The lowest BCUT2D eigenvalue weighted by Crippen LogP contribution is -2.38. The maximum Gasteiger partial charge on any atom is 0.407 e. The summed E-state index contributed by atoms with van der Waals surface area (Å²) in [5.41, 5.74) is 6.01. The van der Waals surface area contributed by atoms with E-state index in [1.807, 2.05) is 24.3 Å². The van der Waals surface area contributed by atoms with Crippen molar-refractivity contribution in [1.29, 1.82) is 0 Å². The minimum atomic E-state index is -1.20. The molecular formula is C15H22INO4. The first-order chi connectivity index (χ1) is 10.0. The van der Waals surface area contributed by atoms with Crippen LogP contribution in [0.3, 0.4) is 0 Å². The normalized spacial score (nSPS) is 13.7. The van der Waals surface area contributed by atoms with Crippen molar-refractivity contribution in [3.05, 3.63) is 33.4 Å². The van der Waals surface area contributed by atoms with Gasteiger partial charge in [-0.2, -0.15) is 0 Å². The SMILES string of the molecule is CCCCC[C@@](OCOC)(OC(N)=O)c1cccc(I)c1. The predicted molar refractivity (Wildman–Crippen MR) is 88.6 cm³/mol. The molecule has 0 radical (unpaired) electrons. The Labute approximate surface area is 139 Å². The zero-order chi connectivity index (χ0) is 15.7. The molecule has 1 aromatic rings. The van der Waals surface area contributed by atoms with E-state index < -0.39 is 11.9 Å². The number of methoxy groups -OCH3 is 1. The van der Waals surface area contributed by atoms with Crippen LogP contribution in [0, 0.1) is 3.57 Å². The summed E-state index contributed by atoms with van der Waals surface area (Å²) in [4.78, 5) is 11.3. The maximum absolute atomic E-state index is 11.3. The Kier molecular flexibility index (Phi) is 7.98. The van der Waals surface area contributed by atoms with E-state index in [2.05, 4.69) is 29.5 Å². The number of nitrogens with two attached hydrogens (primary N) is 1. The number of unbranched alkanes of at least 4 members (excludes halogenated alkanes) is 2. The molecule has 0 aliphatic carbocycles. The van der Waals surface area contributed by atoms with Crippen LogP contribution in [0.2, 0.25) is 0 Å². The summed E-state index contributed by atoms with van der Waals surface area (Å²) in [5.74, 6) is -1.20. The molecule has 0 fully saturated rings. The van der Waals surface area contributed by atoms with Crippen molar-refractivity contribution in [2.24, 2.45) is 5.73 Å². The third kappa shape index (κ3) is 5.80. The molecular weight excluding hydrogens is 385 g/mol. The van der Waals surface area contributed by atoms with Crippen molar-refractivity contribution in [3.8, 4) is 0 Å². The predicted octanol–water partition coefficient (Wildman–Crippen LogP) is 3.74. The number of ether oxygens (including phenoxy) is 3. The van der Waals surface area contributed by atoms with E-state index in [0.29, 0.717) is 6.42 Å². The molecule has 0 aromatic heterocycles. The quantitative estimate of drug-likeness (QED) is 0.385. The molecule has 0 aliphatic heterocycles. The molecule has 1 rings (SSSR count). The van der Waals surface area contributed by atoms with Crippen molar-refractivity contribution < 1.29 is 19.0 Å². The summed E-state index contributed by atoms with van der Waals surface area (Å²) < 4.78 is 17.1. The monoisotopic (exact) mass is 407 g/mol. The fourth-order valence-corrected chi connectivity index (χ4v) is 2.63. The van der Waals surface area contributed by atoms with Gasteiger partial charge in [0.2, 0.25) is 5.79 Å². The average molecular weight is 407 g/mol. The fourth-order valence-electron chi connectivity index (χ4n) is 2.09. The van der Waals surface area contributed by atoms with E-state index in [4.69, 9.17) is 19.9 Å². The molecule has 6 heteroatoms. The van der Waals surface area contributed by atoms with Gasteiger partial charge in [-0.05, 0) is 41.1 Å². The number of primary amides is 1. The summed E-state index contributed by atoms with van der Waals surface area (Å²) >= 11 is 2.20. The summed E-state index contributed by atoms with van der Waals surface area (Å²) in [5, 5.41) is 0. The number of rotatable bonds is 9. The van der Waals surface area contributed by atoms with Gasteiger partial charge in [-0.25, -0.2) is 4.79 Å². The van der Waals surface area contributed by atoms with Gasteiger partial charge in [0.15, 0.2) is 6.79 Å². The van der Waals surface area contributed by atoms with Gasteiger partial charge in [0.05, 0.1) is 0 Å². The Morgan fingerprint density at radius 2 is 2.14 bits per heavy atom. The second-order valence-electron chi connectivity index (χ2n) is 4.69.